The molecule has 0 saturated carbocycles. The average Bonchev–Trinajstić information content (AvgIpc) is 3.02. The number of aryl methyl sites for hydroxylation is 1. The molecule has 0 bridgehead atoms. The zero-order valence-electron chi connectivity index (χ0n) is 26.2. The second kappa shape index (κ2) is 18.3. The highest BCUT2D eigenvalue weighted by atomic mass is 32.2. The lowest BCUT2D eigenvalue weighted by Crippen LogP contribution is -2.52. The van der Waals surface area contributed by atoms with Crippen LogP contribution in [-0.2, 0) is 50.1 Å². The van der Waals surface area contributed by atoms with E-state index in [0.717, 1.165) is 35.7 Å². The Morgan fingerprint density at radius 2 is 1.57 bits per heavy atom. The minimum absolute atomic E-state index is 0.0365. The van der Waals surface area contributed by atoms with Gasteiger partial charge in [-0.25, -0.2) is 26.8 Å². The Bertz CT molecular complexity index is 1500. The largest absolute Gasteiger partial charge is 0.458 e. The quantitative estimate of drug-likeness (QED) is 0.169. The third kappa shape index (κ3) is 12.9. The number of alkyl carbamates (subject to hydrolysis) is 1. The lowest BCUT2D eigenvalue weighted by Gasteiger charge is -2.27. The van der Waals surface area contributed by atoms with Crippen LogP contribution in [-0.4, -0.2) is 56.7 Å². The number of ether oxygens (including phenoxy) is 2. The van der Waals surface area contributed by atoms with Crippen LogP contribution in [0.4, 0.5) is 13.6 Å². The molecule has 3 atom stereocenters. The fourth-order valence-corrected chi connectivity index (χ4v) is 6.36. The van der Waals surface area contributed by atoms with Crippen molar-refractivity contribution in [2.75, 3.05) is 18.1 Å². The SMILES string of the molecule is CCCCS(=O)(=O)C[C@H](NC(=O)OCc1ccccc1)C(=O)O[C@H](CNCc1cccc(CC)c1)[C@@H](N)Cc1cc(F)cc(F)c1. The van der Waals surface area contributed by atoms with Crippen LogP contribution >= 0.6 is 0 Å². The number of amides is 1. The number of sulfone groups is 1. The highest BCUT2D eigenvalue weighted by molar-refractivity contribution is 7.91. The first kappa shape index (κ1) is 36.6. The molecule has 0 spiro atoms. The number of unbranched alkanes of at least 4 members (excludes halogenated alkanes) is 1. The molecule has 0 unspecified atom stereocenters. The average molecular weight is 660 g/mol. The van der Waals surface area contributed by atoms with Gasteiger partial charge in [-0.2, -0.15) is 0 Å². The van der Waals surface area contributed by atoms with Crippen LogP contribution in [0.5, 0.6) is 0 Å². The first-order valence-corrected chi connectivity index (χ1v) is 17.2. The Hall–Kier alpha value is -3.87. The van der Waals surface area contributed by atoms with E-state index in [4.69, 9.17) is 15.2 Å². The van der Waals surface area contributed by atoms with Gasteiger partial charge in [-0.05, 0) is 53.6 Å². The second-order valence-corrected chi connectivity index (χ2v) is 13.4. The van der Waals surface area contributed by atoms with Crippen molar-refractivity contribution in [3.63, 3.8) is 0 Å². The van der Waals surface area contributed by atoms with E-state index in [1.165, 1.54) is 0 Å². The Labute approximate surface area is 269 Å². The van der Waals surface area contributed by atoms with Gasteiger partial charge in [0.2, 0.25) is 0 Å². The van der Waals surface area contributed by atoms with Crippen molar-refractivity contribution in [2.24, 2.45) is 5.73 Å². The molecule has 46 heavy (non-hydrogen) atoms. The third-order valence-electron chi connectivity index (χ3n) is 7.23. The van der Waals surface area contributed by atoms with Gasteiger partial charge in [0.15, 0.2) is 9.84 Å². The first-order chi connectivity index (χ1) is 22.0. The van der Waals surface area contributed by atoms with Crippen molar-refractivity contribution in [3.8, 4) is 0 Å². The minimum atomic E-state index is -3.78. The summed E-state index contributed by atoms with van der Waals surface area (Å²) in [6.07, 6.45) is -0.259. The molecule has 9 nitrogen and oxygen atoms in total. The van der Waals surface area contributed by atoms with Crippen LogP contribution in [0.1, 0.15) is 48.9 Å². The number of nitrogens with two attached hydrogens (primary N) is 1. The summed E-state index contributed by atoms with van der Waals surface area (Å²) in [4.78, 5) is 26.2. The summed E-state index contributed by atoms with van der Waals surface area (Å²) >= 11 is 0. The number of rotatable bonds is 18. The number of benzene rings is 3. The van der Waals surface area contributed by atoms with Gasteiger partial charge in [0.05, 0.1) is 11.5 Å². The van der Waals surface area contributed by atoms with E-state index in [1.807, 2.05) is 38.1 Å². The summed E-state index contributed by atoms with van der Waals surface area (Å²) in [7, 11) is -3.78. The molecule has 3 rings (SSSR count). The van der Waals surface area contributed by atoms with Crippen molar-refractivity contribution in [2.45, 2.75) is 70.9 Å². The van der Waals surface area contributed by atoms with Crippen molar-refractivity contribution < 1.29 is 36.3 Å². The molecule has 0 aliphatic heterocycles. The Balaban J connectivity index is 1.78. The number of carbonyl (C=O) groups excluding carboxylic acids is 2. The topological polar surface area (TPSA) is 137 Å². The lowest BCUT2D eigenvalue weighted by atomic mass is 10.0. The van der Waals surface area contributed by atoms with Gasteiger partial charge in [0.1, 0.15) is 30.4 Å². The number of carbonyl (C=O) groups is 2. The highest BCUT2D eigenvalue weighted by Crippen LogP contribution is 2.14. The Morgan fingerprint density at radius 3 is 2.24 bits per heavy atom. The minimum Gasteiger partial charge on any atom is -0.458 e. The summed E-state index contributed by atoms with van der Waals surface area (Å²) in [5, 5.41) is 5.55. The monoisotopic (exact) mass is 659 g/mol. The fraction of sp³-hybridized carbons (Fsp3) is 0.412. The second-order valence-electron chi connectivity index (χ2n) is 11.2. The molecule has 4 N–H and O–H groups in total. The molecule has 0 aliphatic rings. The van der Waals surface area contributed by atoms with Gasteiger partial charge in [-0.15, -0.1) is 0 Å². The third-order valence-corrected chi connectivity index (χ3v) is 8.98. The molecule has 0 aliphatic carbocycles. The van der Waals surface area contributed by atoms with Crippen LogP contribution in [0.15, 0.2) is 72.8 Å². The number of nitrogens with one attached hydrogen (secondary N) is 2. The first-order valence-electron chi connectivity index (χ1n) is 15.3. The maximum atomic E-state index is 13.9. The smallest absolute Gasteiger partial charge is 0.408 e. The van der Waals surface area contributed by atoms with E-state index >= 15 is 0 Å². The van der Waals surface area contributed by atoms with E-state index in [1.54, 1.807) is 30.3 Å². The number of halogens is 2. The van der Waals surface area contributed by atoms with Crippen LogP contribution in [0.25, 0.3) is 0 Å². The predicted octanol–water partition coefficient (Wildman–Crippen LogP) is 4.61. The molecule has 0 aromatic heterocycles. The molecule has 3 aromatic rings. The van der Waals surface area contributed by atoms with Crippen LogP contribution in [0, 0.1) is 11.6 Å². The molecule has 0 fully saturated rings. The summed E-state index contributed by atoms with van der Waals surface area (Å²) in [5.74, 6) is -3.47. The van der Waals surface area contributed by atoms with Gasteiger partial charge in [0.25, 0.3) is 0 Å². The highest BCUT2D eigenvalue weighted by Gasteiger charge is 2.32. The van der Waals surface area contributed by atoms with Gasteiger partial charge >= 0.3 is 12.1 Å². The lowest BCUT2D eigenvalue weighted by molar-refractivity contribution is -0.151. The van der Waals surface area contributed by atoms with Crippen LogP contribution in [0.2, 0.25) is 0 Å². The van der Waals surface area contributed by atoms with Gasteiger partial charge < -0.3 is 25.8 Å². The summed E-state index contributed by atoms with van der Waals surface area (Å²) in [5.41, 5.74) is 9.51. The molecule has 12 heteroatoms. The Kier molecular flexibility index (Phi) is 14.6. The molecule has 1 amide bonds. The number of esters is 1. The molecule has 0 heterocycles. The standard InChI is InChI=1S/C34H43F2N3O6S/c1-3-5-14-46(42,43)23-31(39-34(41)44-22-25-10-7-6-8-11-25)33(40)45-32(21-38-20-26-13-9-12-24(4-2)15-26)30(37)18-27-16-28(35)19-29(36)17-27/h6-13,15-17,19,30-32,38H,3-5,14,18,20-23,37H2,1-2H3,(H,39,41)/t30-,31-,32+/m0/s1. The van der Waals surface area contributed by atoms with E-state index < -0.39 is 57.5 Å². The van der Waals surface area contributed by atoms with E-state index in [0.29, 0.717) is 24.9 Å². The Morgan fingerprint density at radius 1 is 0.891 bits per heavy atom. The summed E-state index contributed by atoms with van der Waals surface area (Å²) in [6.45, 7) is 4.22. The summed E-state index contributed by atoms with van der Waals surface area (Å²) in [6, 6.07) is 17.2. The van der Waals surface area contributed by atoms with Crippen molar-refractivity contribution in [1.29, 1.82) is 0 Å². The van der Waals surface area contributed by atoms with Crippen molar-refractivity contribution in [3.05, 3.63) is 107 Å². The molecular weight excluding hydrogens is 616 g/mol. The zero-order valence-corrected chi connectivity index (χ0v) is 27.0. The van der Waals surface area contributed by atoms with Gasteiger partial charge in [-0.1, -0.05) is 74.9 Å². The molecule has 250 valence electrons. The molecule has 3 aromatic carbocycles. The number of hydrogen-bond donors (Lipinski definition) is 3. The van der Waals surface area contributed by atoms with E-state index in [-0.39, 0.29) is 30.9 Å². The van der Waals surface area contributed by atoms with Crippen molar-refractivity contribution >= 4 is 21.9 Å². The zero-order chi connectivity index (χ0) is 33.5. The molecule has 0 radical (unpaired) electrons. The van der Waals surface area contributed by atoms with Crippen LogP contribution < -0.4 is 16.4 Å². The summed E-state index contributed by atoms with van der Waals surface area (Å²) < 4.78 is 64.5. The normalized spacial score (nSPS) is 13.4. The fourth-order valence-electron chi connectivity index (χ4n) is 4.74. The van der Waals surface area contributed by atoms with Crippen molar-refractivity contribution in [1.82, 2.24) is 10.6 Å². The van der Waals surface area contributed by atoms with E-state index in [2.05, 4.69) is 10.6 Å². The van der Waals surface area contributed by atoms with Gasteiger partial charge in [0, 0.05) is 25.2 Å². The maximum absolute atomic E-state index is 13.9. The van der Waals surface area contributed by atoms with Gasteiger partial charge in [-0.3, -0.25) is 0 Å². The molecule has 0 saturated heterocycles. The van der Waals surface area contributed by atoms with E-state index in [9.17, 15) is 26.8 Å². The van der Waals surface area contributed by atoms with Crippen LogP contribution in [0.3, 0.4) is 0 Å². The molecular formula is C34H43F2N3O6S. The predicted molar refractivity (Wildman–Crippen MR) is 173 cm³/mol. The number of hydrogen-bond acceptors (Lipinski definition) is 8. The maximum Gasteiger partial charge on any atom is 0.408 e.